The minimum absolute atomic E-state index is 0.424. The Labute approximate surface area is 101 Å². The van der Waals surface area contributed by atoms with Gasteiger partial charge < -0.3 is 10.4 Å². The van der Waals surface area contributed by atoms with Crippen LogP contribution in [0.25, 0.3) is 10.9 Å². The molecule has 0 bridgehead atoms. The van der Waals surface area contributed by atoms with Crippen molar-refractivity contribution < 1.29 is 5.11 Å². The molecule has 3 N–H and O–H groups in total. The Morgan fingerprint density at radius 1 is 1.47 bits per heavy atom. The van der Waals surface area contributed by atoms with Gasteiger partial charge in [-0.25, -0.2) is 0 Å². The summed E-state index contributed by atoms with van der Waals surface area (Å²) in [5.41, 5.74) is 1.89. The molecule has 2 rings (SSSR count). The molecular formula is C13H19N3O. The number of nitrogens with zero attached hydrogens (tertiary/aromatic N) is 1. The van der Waals surface area contributed by atoms with Crippen LogP contribution in [0.3, 0.4) is 0 Å². The van der Waals surface area contributed by atoms with E-state index in [0.717, 1.165) is 22.9 Å². The van der Waals surface area contributed by atoms with Crippen molar-refractivity contribution in [3.63, 3.8) is 0 Å². The third-order valence-corrected chi connectivity index (χ3v) is 3.15. The average Bonchev–Trinajstić information content (AvgIpc) is 2.83. The number of fused-ring (bicyclic) bond motifs is 1. The van der Waals surface area contributed by atoms with Crippen LogP contribution in [0.15, 0.2) is 24.4 Å². The summed E-state index contributed by atoms with van der Waals surface area (Å²) in [5.74, 6) is 0. The van der Waals surface area contributed by atoms with Crippen molar-refractivity contribution in [1.29, 1.82) is 0 Å². The molecule has 4 nitrogen and oxygen atoms in total. The zero-order chi connectivity index (χ0) is 12.3. The first-order valence-corrected chi connectivity index (χ1v) is 6.05. The van der Waals surface area contributed by atoms with Crippen LogP contribution in [0.1, 0.15) is 31.9 Å². The van der Waals surface area contributed by atoms with Crippen molar-refractivity contribution in [3.05, 3.63) is 30.0 Å². The number of nitrogens with one attached hydrogen (secondary N) is 2. The highest BCUT2D eigenvalue weighted by atomic mass is 16.3. The fraction of sp³-hybridized carbons (Fsp3) is 0.462. The Kier molecular flexibility index (Phi) is 3.76. The van der Waals surface area contributed by atoms with E-state index < -0.39 is 6.10 Å². The minimum atomic E-state index is -0.495. The van der Waals surface area contributed by atoms with Gasteiger partial charge in [0.05, 0.1) is 17.8 Å². The summed E-state index contributed by atoms with van der Waals surface area (Å²) < 4.78 is 0. The molecule has 0 spiro atoms. The summed E-state index contributed by atoms with van der Waals surface area (Å²) in [4.78, 5) is 0. The third kappa shape index (κ3) is 2.65. The molecule has 0 unspecified atom stereocenters. The van der Waals surface area contributed by atoms with Crippen molar-refractivity contribution in [3.8, 4) is 0 Å². The molecule has 0 saturated carbocycles. The highest BCUT2D eigenvalue weighted by Crippen LogP contribution is 2.22. The predicted molar refractivity (Wildman–Crippen MR) is 68.8 cm³/mol. The summed E-state index contributed by atoms with van der Waals surface area (Å²) in [6.45, 7) is 4.81. The van der Waals surface area contributed by atoms with Gasteiger partial charge in [-0.15, -0.1) is 0 Å². The number of H-pyrrole nitrogens is 1. The molecule has 0 amide bonds. The maximum absolute atomic E-state index is 10.2. The van der Waals surface area contributed by atoms with Crippen LogP contribution in [-0.4, -0.2) is 27.9 Å². The molecule has 2 aromatic rings. The van der Waals surface area contributed by atoms with E-state index in [-0.39, 0.29) is 0 Å². The Balaban J connectivity index is 2.13. The Bertz CT molecular complexity index is 480. The molecule has 0 fully saturated rings. The standard InChI is InChI=1S/C13H19N3O/c1-3-9(2)14-8-13(17)10-5-4-6-12-11(10)7-15-16-12/h4-7,9,13-14,17H,3,8H2,1-2H3,(H,15,16)/t9-,13-/m0/s1. The van der Waals surface area contributed by atoms with Gasteiger partial charge in [0, 0.05) is 18.0 Å². The molecule has 0 saturated heterocycles. The maximum atomic E-state index is 10.2. The van der Waals surface area contributed by atoms with E-state index in [9.17, 15) is 5.11 Å². The lowest BCUT2D eigenvalue weighted by Crippen LogP contribution is -2.29. The predicted octanol–water partition coefficient (Wildman–Crippen LogP) is 1.98. The molecule has 4 heteroatoms. The molecule has 92 valence electrons. The smallest absolute Gasteiger partial charge is 0.0921 e. The molecule has 0 aliphatic heterocycles. The first-order valence-electron chi connectivity index (χ1n) is 6.05. The van der Waals surface area contributed by atoms with Gasteiger partial charge in [-0.3, -0.25) is 5.10 Å². The molecule has 0 aliphatic carbocycles. The number of aliphatic hydroxyl groups is 1. The topological polar surface area (TPSA) is 60.9 Å². The normalized spacial score (nSPS) is 15.0. The van der Waals surface area contributed by atoms with Gasteiger partial charge in [0.15, 0.2) is 0 Å². The Hall–Kier alpha value is -1.39. The molecule has 17 heavy (non-hydrogen) atoms. The van der Waals surface area contributed by atoms with Crippen molar-refractivity contribution in [2.24, 2.45) is 0 Å². The largest absolute Gasteiger partial charge is 0.387 e. The van der Waals surface area contributed by atoms with E-state index in [1.54, 1.807) is 6.20 Å². The zero-order valence-corrected chi connectivity index (χ0v) is 10.3. The lowest BCUT2D eigenvalue weighted by molar-refractivity contribution is 0.172. The molecular weight excluding hydrogens is 214 g/mol. The summed E-state index contributed by atoms with van der Waals surface area (Å²) in [6.07, 6.45) is 2.32. The number of hydrogen-bond acceptors (Lipinski definition) is 3. The Morgan fingerprint density at radius 3 is 3.06 bits per heavy atom. The molecule has 1 heterocycles. The second kappa shape index (κ2) is 5.29. The lowest BCUT2D eigenvalue weighted by atomic mass is 10.0. The van der Waals surface area contributed by atoms with Crippen molar-refractivity contribution in [1.82, 2.24) is 15.5 Å². The highest BCUT2D eigenvalue weighted by molar-refractivity contribution is 5.81. The fourth-order valence-electron chi connectivity index (χ4n) is 1.85. The number of aliphatic hydroxyl groups excluding tert-OH is 1. The number of aromatic amines is 1. The van der Waals surface area contributed by atoms with E-state index in [2.05, 4.69) is 29.4 Å². The molecule has 1 aromatic heterocycles. The monoisotopic (exact) mass is 233 g/mol. The van der Waals surface area contributed by atoms with Gasteiger partial charge in [-0.2, -0.15) is 5.10 Å². The van der Waals surface area contributed by atoms with Crippen LogP contribution in [0.4, 0.5) is 0 Å². The van der Waals surface area contributed by atoms with Gasteiger partial charge in [0.1, 0.15) is 0 Å². The minimum Gasteiger partial charge on any atom is -0.387 e. The number of benzene rings is 1. The van der Waals surface area contributed by atoms with Crippen LogP contribution >= 0.6 is 0 Å². The third-order valence-electron chi connectivity index (χ3n) is 3.15. The van der Waals surface area contributed by atoms with Crippen LogP contribution in [-0.2, 0) is 0 Å². The number of rotatable bonds is 5. The lowest BCUT2D eigenvalue weighted by Gasteiger charge is -2.16. The second-order valence-corrected chi connectivity index (χ2v) is 4.41. The number of aromatic nitrogens is 2. The first-order chi connectivity index (χ1) is 8.22. The molecule has 2 atom stereocenters. The maximum Gasteiger partial charge on any atom is 0.0921 e. The van der Waals surface area contributed by atoms with Gasteiger partial charge in [0.2, 0.25) is 0 Å². The quantitative estimate of drug-likeness (QED) is 0.740. The van der Waals surface area contributed by atoms with E-state index >= 15 is 0 Å². The second-order valence-electron chi connectivity index (χ2n) is 4.41. The van der Waals surface area contributed by atoms with Crippen LogP contribution < -0.4 is 5.32 Å². The molecule has 0 radical (unpaired) electrons. The number of hydrogen-bond donors (Lipinski definition) is 3. The van der Waals surface area contributed by atoms with Crippen molar-refractivity contribution >= 4 is 10.9 Å². The summed E-state index contributed by atoms with van der Waals surface area (Å²) >= 11 is 0. The van der Waals surface area contributed by atoms with Crippen molar-refractivity contribution in [2.45, 2.75) is 32.4 Å². The Morgan fingerprint density at radius 2 is 2.29 bits per heavy atom. The van der Waals surface area contributed by atoms with Crippen LogP contribution in [0.5, 0.6) is 0 Å². The molecule has 0 aliphatic rings. The average molecular weight is 233 g/mol. The van der Waals surface area contributed by atoms with E-state index in [1.165, 1.54) is 0 Å². The van der Waals surface area contributed by atoms with Gasteiger partial charge in [0.25, 0.3) is 0 Å². The van der Waals surface area contributed by atoms with E-state index in [0.29, 0.717) is 12.6 Å². The highest BCUT2D eigenvalue weighted by Gasteiger charge is 2.12. The first kappa shape index (κ1) is 12.1. The SMILES string of the molecule is CC[C@H](C)NC[C@H](O)c1cccc2[nH]ncc12. The van der Waals surface area contributed by atoms with Gasteiger partial charge in [-0.05, 0) is 25.0 Å². The summed E-state index contributed by atoms with van der Waals surface area (Å²) in [6, 6.07) is 6.26. The molecule has 1 aromatic carbocycles. The van der Waals surface area contributed by atoms with Crippen molar-refractivity contribution in [2.75, 3.05) is 6.54 Å². The summed E-state index contributed by atoms with van der Waals surface area (Å²) in [7, 11) is 0. The van der Waals surface area contributed by atoms with Crippen LogP contribution in [0.2, 0.25) is 0 Å². The van der Waals surface area contributed by atoms with Gasteiger partial charge in [-0.1, -0.05) is 19.1 Å². The van der Waals surface area contributed by atoms with Crippen LogP contribution in [0, 0.1) is 0 Å². The van der Waals surface area contributed by atoms with E-state index in [4.69, 9.17) is 0 Å². The van der Waals surface area contributed by atoms with Gasteiger partial charge >= 0.3 is 0 Å². The zero-order valence-electron chi connectivity index (χ0n) is 10.3. The summed E-state index contributed by atoms with van der Waals surface area (Å²) in [5, 5.41) is 21.4. The van der Waals surface area contributed by atoms with E-state index in [1.807, 2.05) is 18.2 Å². The fourth-order valence-corrected chi connectivity index (χ4v) is 1.85.